The van der Waals surface area contributed by atoms with Crippen molar-refractivity contribution in [2.75, 3.05) is 6.54 Å². The van der Waals surface area contributed by atoms with Gasteiger partial charge in [0.05, 0.1) is 6.10 Å². The van der Waals surface area contributed by atoms with E-state index in [1.54, 1.807) is 6.92 Å². The Morgan fingerprint density at radius 3 is 2.67 bits per heavy atom. The molecule has 0 bridgehead atoms. The van der Waals surface area contributed by atoms with Gasteiger partial charge in [0.25, 0.3) is 0 Å². The van der Waals surface area contributed by atoms with Crippen LogP contribution in [0.5, 0.6) is 0 Å². The summed E-state index contributed by atoms with van der Waals surface area (Å²) in [6.07, 6.45) is 1.37. The summed E-state index contributed by atoms with van der Waals surface area (Å²) in [5.74, 6) is 0.279. The van der Waals surface area contributed by atoms with Crippen LogP contribution in [0.15, 0.2) is 24.3 Å². The molecular formula is C16H25ClN2O2. The van der Waals surface area contributed by atoms with Crippen LogP contribution < -0.4 is 10.6 Å². The number of piperidine rings is 1. The zero-order chi connectivity index (χ0) is 14.5. The van der Waals surface area contributed by atoms with Crippen LogP contribution in [0.25, 0.3) is 0 Å². The third-order valence-electron chi connectivity index (χ3n) is 3.92. The number of carbonyl (C=O) groups excluding carboxylic acids is 1. The van der Waals surface area contributed by atoms with Crippen molar-refractivity contribution in [2.24, 2.45) is 5.92 Å². The monoisotopic (exact) mass is 312 g/mol. The summed E-state index contributed by atoms with van der Waals surface area (Å²) < 4.78 is 0. The van der Waals surface area contributed by atoms with E-state index in [2.05, 4.69) is 17.6 Å². The zero-order valence-electron chi connectivity index (χ0n) is 12.6. The van der Waals surface area contributed by atoms with E-state index in [1.165, 1.54) is 0 Å². The summed E-state index contributed by atoms with van der Waals surface area (Å²) in [6.45, 7) is 5.34. The average molecular weight is 313 g/mol. The van der Waals surface area contributed by atoms with Crippen molar-refractivity contribution in [3.8, 4) is 0 Å². The molecule has 0 aromatic heterocycles. The average Bonchev–Trinajstić information content (AvgIpc) is 2.45. The van der Waals surface area contributed by atoms with Gasteiger partial charge in [-0.25, -0.2) is 0 Å². The number of rotatable bonds is 4. The molecule has 1 heterocycles. The Hall–Kier alpha value is -1.10. The normalized spacial score (nSPS) is 23.0. The first-order chi connectivity index (χ1) is 9.56. The lowest BCUT2D eigenvalue weighted by atomic mass is 9.92. The molecule has 1 unspecified atom stereocenters. The zero-order valence-corrected chi connectivity index (χ0v) is 13.5. The standard InChI is InChI=1S/C16H24N2O2.ClH/c1-11-9-15(7-8-17-11)16(20)18-10-13-3-5-14(6-4-13)12(2)19;/h3-6,11-12,15,17,19H,7-10H2,1-2H3,(H,18,20);1H/t11-,12?,15-;/m0./s1. The predicted octanol–water partition coefficient (Wildman–Crippen LogP) is 2.17. The lowest BCUT2D eigenvalue weighted by molar-refractivity contribution is -0.126. The van der Waals surface area contributed by atoms with Gasteiger partial charge in [0.1, 0.15) is 0 Å². The highest BCUT2D eigenvalue weighted by Gasteiger charge is 2.24. The Bertz CT molecular complexity index is 448. The fourth-order valence-corrected chi connectivity index (χ4v) is 2.62. The van der Waals surface area contributed by atoms with Crippen LogP contribution in [0, 0.1) is 5.92 Å². The predicted molar refractivity (Wildman–Crippen MR) is 86.4 cm³/mol. The molecule has 21 heavy (non-hydrogen) atoms. The van der Waals surface area contributed by atoms with Crippen molar-refractivity contribution in [1.29, 1.82) is 0 Å². The SMILES string of the molecule is CC(O)c1ccc(CNC(=O)[C@H]2CCN[C@@H](C)C2)cc1.Cl. The third-order valence-corrected chi connectivity index (χ3v) is 3.92. The Labute approximate surface area is 132 Å². The van der Waals surface area contributed by atoms with Crippen LogP contribution in [-0.2, 0) is 11.3 Å². The van der Waals surface area contributed by atoms with E-state index in [4.69, 9.17) is 0 Å². The van der Waals surface area contributed by atoms with Crippen LogP contribution in [0.3, 0.4) is 0 Å². The molecule has 3 N–H and O–H groups in total. The van der Waals surface area contributed by atoms with E-state index >= 15 is 0 Å². The second-order valence-corrected chi connectivity index (χ2v) is 5.71. The largest absolute Gasteiger partial charge is 0.389 e. The van der Waals surface area contributed by atoms with Gasteiger partial charge in [0.15, 0.2) is 0 Å². The van der Waals surface area contributed by atoms with Crippen molar-refractivity contribution in [2.45, 2.75) is 45.4 Å². The molecule has 4 nitrogen and oxygen atoms in total. The molecule has 1 aromatic rings. The number of nitrogens with one attached hydrogen (secondary N) is 2. The van der Waals surface area contributed by atoms with Crippen molar-refractivity contribution < 1.29 is 9.90 Å². The first-order valence-electron chi connectivity index (χ1n) is 7.34. The van der Waals surface area contributed by atoms with Gasteiger partial charge in [-0.15, -0.1) is 12.4 Å². The van der Waals surface area contributed by atoms with E-state index in [9.17, 15) is 9.90 Å². The summed E-state index contributed by atoms with van der Waals surface area (Å²) in [5.41, 5.74) is 1.96. The summed E-state index contributed by atoms with van der Waals surface area (Å²) in [7, 11) is 0. The molecule has 2 rings (SSSR count). The van der Waals surface area contributed by atoms with Crippen LogP contribution in [0.1, 0.15) is 43.9 Å². The fourth-order valence-electron chi connectivity index (χ4n) is 2.62. The van der Waals surface area contributed by atoms with Crippen LogP contribution in [-0.4, -0.2) is 23.6 Å². The molecule has 0 radical (unpaired) electrons. The van der Waals surface area contributed by atoms with Gasteiger partial charge in [0, 0.05) is 18.5 Å². The molecular weight excluding hydrogens is 288 g/mol. The van der Waals surface area contributed by atoms with E-state index in [0.29, 0.717) is 12.6 Å². The van der Waals surface area contributed by atoms with Gasteiger partial charge in [-0.2, -0.15) is 0 Å². The molecule has 1 saturated heterocycles. The van der Waals surface area contributed by atoms with Gasteiger partial charge in [-0.3, -0.25) is 4.79 Å². The summed E-state index contributed by atoms with van der Waals surface area (Å²) in [4.78, 5) is 12.1. The number of aliphatic hydroxyl groups is 1. The quantitative estimate of drug-likeness (QED) is 0.798. The number of carbonyl (C=O) groups is 1. The molecule has 1 fully saturated rings. The molecule has 0 spiro atoms. The summed E-state index contributed by atoms with van der Waals surface area (Å²) in [6, 6.07) is 8.13. The van der Waals surface area contributed by atoms with Crippen LogP contribution in [0.4, 0.5) is 0 Å². The lowest BCUT2D eigenvalue weighted by Gasteiger charge is -2.27. The van der Waals surface area contributed by atoms with Crippen molar-refractivity contribution in [3.63, 3.8) is 0 Å². The van der Waals surface area contributed by atoms with Crippen molar-refractivity contribution in [1.82, 2.24) is 10.6 Å². The number of halogens is 1. The molecule has 118 valence electrons. The Morgan fingerprint density at radius 1 is 1.43 bits per heavy atom. The number of aliphatic hydroxyl groups excluding tert-OH is 1. The molecule has 1 aliphatic heterocycles. The van der Waals surface area contributed by atoms with Gasteiger partial charge >= 0.3 is 0 Å². The molecule has 1 amide bonds. The van der Waals surface area contributed by atoms with Crippen molar-refractivity contribution in [3.05, 3.63) is 35.4 Å². The summed E-state index contributed by atoms with van der Waals surface area (Å²) >= 11 is 0. The first-order valence-corrected chi connectivity index (χ1v) is 7.34. The smallest absolute Gasteiger partial charge is 0.223 e. The Morgan fingerprint density at radius 2 is 2.10 bits per heavy atom. The highest BCUT2D eigenvalue weighted by molar-refractivity contribution is 5.85. The maximum Gasteiger partial charge on any atom is 0.223 e. The van der Waals surface area contributed by atoms with E-state index < -0.39 is 6.10 Å². The highest BCUT2D eigenvalue weighted by atomic mass is 35.5. The maximum absolute atomic E-state index is 12.1. The van der Waals surface area contributed by atoms with E-state index in [-0.39, 0.29) is 24.2 Å². The third kappa shape index (κ3) is 5.30. The maximum atomic E-state index is 12.1. The molecule has 5 heteroatoms. The minimum Gasteiger partial charge on any atom is -0.389 e. The fraction of sp³-hybridized carbons (Fsp3) is 0.562. The number of hydrogen-bond donors (Lipinski definition) is 3. The molecule has 1 aliphatic rings. The highest BCUT2D eigenvalue weighted by Crippen LogP contribution is 2.17. The summed E-state index contributed by atoms with van der Waals surface area (Å²) in [5, 5.41) is 15.8. The number of amides is 1. The second kappa shape index (κ2) is 8.37. The minimum absolute atomic E-state index is 0. The second-order valence-electron chi connectivity index (χ2n) is 5.71. The lowest BCUT2D eigenvalue weighted by Crippen LogP contribution is -2.42. The number of benzene rings is 1. The van der Waals surface area contributed by atoms with Crippen LogP contribution >= 0.6 is 12.4 Å². The molecule has 1 aromatic carbocycles. The van der Waals surface area contributed by atoms with E-state index in [0.717, 1.165) is 30.5 Å². The van der Waals surface area contributed by atoms with Gasteiger partial charge < -0.3 is 15.7 Å². The van der Waals surface area contributed by atoms with Gasteiger partial charge in [-0.05, 0) is 44.4 Å². The molecule has 0 aliphatic carbocycles. The van der Waals surface area contributed by atoms with E-state index in [1.807, 2.05) is 24.3 Å². The Kier molecular flexibility index (Phi) is 7.15. The molecule has 3 atom stereocenters. The Balaban J connectivity index is 0.00000220. The minimum atomic E-state index is -0.449. The first kappa shape index (κ1) is 18.0. The van der Waals surface area contributed by atoms with Crippen LogP contribution in [0.2, 0.25) is 0 Å². The molecule has 0 saturated carbocycles. The van der Waals surface area contributed by atoms with Gasteiger partial charge in [-0.1, -0.05) is 24.3 Å². The number of hydrogen-bond acceptors (Lipinski definition) is 3. The topological polar surface area (TPSA) is 61.4 Å². The van der Waals surface area contributed by atoms with Crippen molar-refractivity contribution >= 4 is 18.3 Å². The van der Waals surface area contributed by atoms with Gasteiger partial charge in [0.2, 0.25) is 5.91 Å².